The van der Waals surface area contributed by atoms with Gasteiger partial charge in [-0.25, -0.2) is 0 Å². The number of para-hydroxylation sites is 1. The van der Waals surface area contributed by atoms with Crippen molar-refractivity contribution in [1.82, 2.24) is 5.32 Å². The van der Waals surface area contributed by atoms with E-state index in [0.29, 0.717) is 0 Å². The molecule has 0 heterocycles. The van der Waals surface area contributed by atoms with Crippen molar-refractivity contribution in [3.63, 3.8) is 0 Å². The van der Waals surface area contributed by atoms with Crippen molar-refractivity contribution in [2.75, 3.05) is 25.6 Å². The minimum atomic E-state index is 0.252. The monoisotopic (exact) mass is 283 g/mol. The van der Waals surface area contributed by atoms with E-state index in [1.807, 2.05) is 30.3 Å². The van der Waals surface area contributed by atoms with Crippen molar-refractivity contribution in [3.8, 4) is 5.75 Å². The van der Waals surface area contributed by atoms with E-state index in [9.17, 15) is 0 Å². The van der Waals surface area contributed by atoms with Crippen LogP contribution in [-0.4, -0.2) is 25.6 Å². The molecule has 0 aliphatic carbocycles. The molecule has 0 amide bonds. The van der Waals surface area contributed by atoms with Crippen LogP contribution in [0.4, 0.5) is 0 Å². The van der Waals surface area contributed by atoms with Gasteiger partial charge in [0.2, 0.25) is 0 Å². The molecule has 0 fully saturated rings. The van der Waals surface area contributed by atoms with Crippen LogP contribution >= 0.6 is 11.6 Å². The second kappa shape index (κ2) is 9.22. The Morgan fingerprint density at radius 3 is 2.42 bits per heavy atom. The molecule has 1 aromatic carbocycles. The Hall–Kier alpha value is -0.730. The maximum absolute atomic E-state index is 6.08. The first-order valence-electron chi connectivity index (χ1n) is 7.21. The van der Waals surface area contributed by atoms with Crippen molar-refractivity contribution < 1.29 is 4.74 Å². The highest BCUT2D eigenvalue weighted by molar-refractivity contribution is 6.18. The number of benzene rings is 1. The van der Waals surface area contributed by atoms with Crippen molar-refractivity contribution in [2.24, 2.45) is 5.41 Å². The molecule has 2 nitrogen and oxygen atoms in total. The summed E-state index contributed by atoms with van der Waals surface area (Å²) in [6.45, 7) is 7.15. The summed E-state index contributed by atoms with van der Waals surface area (Å²) in [6.07, 6.45) is 3.27. The molecule has 0 unspecified atom stereocenters. The number of halogens is 1. The average molecular weight is 284 g/mol. The summed E-state index contributed by atoms with van der Waals surface area (Å²) in [5.41, 5.74) is 0.252. The van der Waals surface area contributed by atoms with E-state index in [1.165, 1.54) is 0 Å². The highest BCUT2D eigenvalue weighted by Crippen LogP contribution is 2.26. The molecular weight excluding hydrogens is 258 g/mol. The van der Waals surface area contributed by atoms with Gasteiger partial charge in [0.25, 0.3) is 0 Å². The molecule has 1 N–H and O–H groups in total. The third-order valence-electron chi connectivity index (χ3n) is 3.79. The lowest BCUT2D eigenvalue weighted by Gasteiger charge is -2.29. The standard InChI is InChI=1S/C16H26ClNO/c1-3-16(4-2,13-17)14-18-11-8-12-19-15-9-6-5-7-10-15/h5-7,9-10,18H,3-4,8,11-14H2,1-2H3. The Bertz CT molecular complexity index is 317. The van der Waals surface area contributed by atoms with Gasteiger partial charge in [0.1, 0.15) is 5.75 Å². The predicted molar refractivity (Wildman–Crippen MR) is 83.2 cm³/mol. The fourth-order valence-corrected chi connectivity index (χ4v) is 2.47. The molecule has 0 saturated heterocycles. The van der Waals surface area contributed by atoms with Crippen LogP contribution in [0.1, 0.15) is 33.1 Å². The van der Waals surface area contributed by atoms with Crippen LogP contribution in [0.3, 0.4) is 0 Å². The van der Waals surface area contributed by atoms with Gasteiger partial charge in [-0.05, 0) is 43.4 Å². The van der Waals surface area contributed by atoms with Gasteiger partial charge in [-0.2, -0.15) is 0 Å². The molecule has 0 saturated carbocycles. The number of alkyl halides is 1. The van der Waals surface area contributed by atoms with Gasteiger partial charge in [-0.1, -0.05) is 32.0 Å². The van der Waals surface area contributed by atoms with Crippen molar-refractivity contribution >= 4 is 11.6 Å². The summed E-state index contributed by atoms with van der Waals surface area (Å²) in [6, 6.07) is 9.95. The smallest absolute Gasteiger partial charge is 0.119 e. The van der Waals surface area contributed by atoms with Crippen LogP contribution in [0.15, 0.2) is 30.3 Å². The third-order valence-corrected chi connectivity index (χ3v) is 4.36. The zero-order valence-corrected chi connectivity index (χ0v) is 12.9. The van der Waals surface area contributed by atoms with E-state index in [2.05, 4.69) is 19.2 Å². The summed E-state index contributed by atoms with van der Waals surface area (Å²) in [5.74, 6) is 1.67. The highest BCUT2D eigenvalue weighted by Gasteiger charge is 2.24. The molecule has 1 rings (SSSR count). The first-order chi connectivity index (χ1) is 9.26. The molecular formula is C16H26ClNO. The van der Waals surface area contributed by atoms with Crippen molar-refractivity contribution in [2.45, 2.75) is 33.1 Å². The Morgan fingerprint density at radius 2 is 1.84 bits per heavy atom. The second-order valence-corrected chi connectivity index (χ2v) is 5.30. The van der Waals surface area contributed by atoms with Gasteiger partial charge < -0.3 is 10.1 Å². The van der Waals surface area contributed by atoms with Gasteiger partial charge in [0, 0.05) is 12.4 Å². The lowest BCUT2D eigenvalue weighted by Crippen LogP contribution is -2.35. The maximum atomic E-state index is 6.08. The number of nitrogens with one attached hydrogen (secondary N) is 1. The highest BCUT2D eigenvalue weighted by atomic mass is 35.5. The van der Waals surface area contributed by atoms with E-state index in [0.717, 1.165) is 50.6 Å². The van der Waals surface area contributed by atoms with Crippen molar-refractivity contribution in [3.05, 3.63) is 30.3 Å². The summed E-state index contributed by atoms with van der Waals surface area (Å²) >= 11 is 6.08. The molecule has 0 aliphatic heterocycles. The van der Waals surface area contributed by atoms with Crippen LogP contribution in [0.2, 0.25) is 0 Å². The second-order valence-electron chi connectivity index (χ2n) is 5.03. The SMILES string of the molecule is CCC(CC)(CCl)CNCCCOc1ccccc1. The van der Waals surface area contributed by atoms with Crippen LogP contribution < -0.4 is 10.1 Å². The Balaban J connectivity index is 2.11. The molecule has 0 aromatic heterocycles. The van der Waals surface area contributed by atoms with E-state index in [1.54, 1.807) is 0 Å². The summed E-state index contributed by atoms with van der Waals surface area (Å²) < 4.78 is 5.65. The topological polar surface area (TPSA) is 21.3 Å². The number of hydrogen-bond donors (Lipinski definition) is 1. The predicted octanol–water partition coefficient (Wildman–Crippen LogP) is 4.09. The van der Waals surface area contributed by atoms with Crippen LogP contribution in [0.25, 0.3) is 0 Å². The zero-order valence-electron chi connectivity index (χ0n) is 12.1. The molecule has 0 spiro atoms. The van der Waals surface area contributed by atoms with Gasteiger partial charge in [0.05, 0.1) is 6.61 Å². The van der Waals surface area contributed by atoms with Crippen LogP contribution in [-0.2, 0) is 0 Å². The largest absolute Gasteiger partial charge is 0.494 e. The maximum Gasteiger partial charge on any atom is 0.119 e. The molecule has 19 heavy (non-hydrogen) atoms. The van der Waals surface area contributed by atoms with Gasteiger partial charge >= 0.3 is 0 Å². The van der Waals surface area contributed by atoms with Crippen LogP contribution in [0, 0.1) is 5.41 Å². The fraction of sp³-hybridized carbons (Fsp3) is 0.625. The quantitative estimate of drug-likeness (QED) is 0.516. The van der Waals surface area contributed by atoms with Gasteiger partial charge in [-0.15, -0.1) is 11.6 Å². The van der Waals surface area contributed by atoms with Gasteiger partial charge in [-0.3, -0.25) is 0 Å². The van der Waals surface area contributed by atoms with E-state index < -0.39 is 0 Å². The number of hydrogen-bond acceptors (Lipinski definition) is 2. The molecule has 1 aromatic rings. The molecule has 0 aliphatic rings. The summed E-state index contributed by atoms with van der Waals surface area (Å²) in [7, 11) is 0. The minimum absolute atomic E-state index is 0.252. The van der Waals surface area contributed by atoms with Crippen LogP contribution in [0.5, 0.6) is 5.75 Å². The first-order valence-corrected chi connectivity index (χ1v) is 7.74. The molecule has 0 atom stereocenters. The lowest BCUT2D eigenvalue weighted by atomic mass is 9.84. The Kier molecular flexibility index (Phi) is 7.92. The van der Waals surface area contributed by atoms with Gasteiger partial charge in [0.15, 0.2) is 0 Å². The normalized spacial score (nSPS) is 11.5. The number of rotatable bonds is 10. The van der Waals surface area contributed by atoms with E-state index >= 15 is 0 Å². The Morgan fingerprint density at radius 1 is 1.16 bits per heavy atom. The number of ether oxygens (including phenoxy) is 1. The molecule has 0 bridgehead atoms. The lowest BCUT2D eigenvalue weighted by molar-refractivity contribution is 0.273. The van der Waals surface area contributed by atoms with E-state index in [-0.39, 0.29) is 5.41 Å². The minimum Gasteiger partial charge on any atom is -0.494 e. The molecule has 3 heteroatoms. The third kappa shape index (κ3) is 5.84. The molecule has 0 radical (unpaired) electrons. The summed E-state index contributed by atoms with van der Waals surface area (Å²) in [4.78, 5) is 0. The zero-order chi connectivity index (χ0) is 14.0. The summed E-state index contributed by atoms with van der Waals surface area (Å²) in [5, 5.41) is 3.50. The average Bonchev–Trinajstić information content (AvgIpc) is 2.48. The Labute approximate surface area is 122 Å². The van der Waals surface area contributed by atoms with E-state index in [4.69, 9.17) is 16.3 Å². The van der Waals surface area contributed by atoms with Crippen molar-refractivity contribution in [1.29, 1.82) is 0 Å². The first kappa shape index (κ1) is 16.3. The molecule has 108 valence electrons. The fourth-order valence-electron chi connectivity index (χ4n) is 1.99.